The highest BCUT2D eigenvalue weighted by molar-refractivity contribution is 5.79. The van der Waals surface area contributed by atoms with Crippen molar-refractivity contribution >= 4 is 5.91 Å². The van der Waals surface area contributed by atoms with Crippen LogP contribution in [0.25, 0.3) is 0 Å². The summed E-state index contributed by atoms with van der Waals surface area (Å²) < 4.78 is 7.59. The minimum absolute atomic E-state index is 0.0927. The van der Waals surface area contributed by atoms with Gasteiger partial charge in [0.15, 0.2) is 5.82 Å². The molecule has 2 aromatic heterocycles. The molecular formula is C17H23N5O2. The fraction of sp³-hybridized carbons (Fsp3) is 0.529. The first-order valence-electron chi connectivity index (χ1n) is 8.13. The first kappa shape index (κ1) is 16.6. The van der Waals surface area contributed by atoms with E-state index in [2.05, 4.69) is 15.1 Å². The van der Waals surface area contributed by atoms with Crippen molar-refractivity contribution in [2.24, 2.45) is 7.05 Å². The van der Waals surface area contributed by atoms with Gasteiger partial charge in [-0.05, 0) is 26.8 Å². The third-order valence-corrected chi connectivity index (χ3v) is 4.51. The molecule has 1 aliphatic heterocycles. The van der Waals surface area contributed by atoms with E-state index in [1.807, 2.05) is 43.5 Å². The lowest BCUT2D eigenvalue weighted by molar-refractivity contribution is -0.138. The van der Waals surface area contributed by atoms with Gasteiger partial charge in [-0.2, -0.15) is 5.10 Å². The molecule has 1 atom stereocenters. The summed E-state index contributed by atoms with van der Waals surface area (Å²) in [6.45, 7) is 7.44. The Morgan fingerprint density at radius 1 is 1.38 bits per heavy atom. The molecule has 0 radical (unpaired) electrons. The fourth-order valence-electron chi connectivity index (χ4n) is 2.99. The second-order valence-corrected chi connectivity index (χ2v) is 6.21. The number of aromatic nitrogens is 4. The number of rotatable bonds is 3. The smallest absolute Gasteiger partial charge is 0.227 e. The second kappa shape index (κ2) is 6.68. The van der Waals surface area contributed by atoms with Crippen LogP contribution >= 0.6 is 0 Å². The molecule has 0 aliphatic carbocycles. The Bertz CT molecular complexity index is 755. The zero-order valence-corrected chi connectivity index (χ0v) is 14.6. The molecule has 2 aromatic rings. The zero-order valence-electron chi connectivity index (χ0n) is 14.6. The Balaban J connectivity index is 1.71. The van der Waals surface area contributed by atoms with Crippen LogP contribution in [0.15, 0.2) is 12.3 Å². The average Bonchev–Trinajstić information content (AvgIpc) is 2.81. The minimum atomic E-state index is -0.265. The Labute approximate surface area is 141 Å². The Kier molecular flexibility index (Phi) is 4.62. The van der Waals surface area contributed by atoms with Crippen molar-refractivity contribution in [3.05, 3.63) is 40.7 Å². The van der Waals surface area contributed by atoms with Crippen LogP contribution in [-0.2, 0) is 23.0 Å². The number of hydrogen-bond acceptors (Lipinski definition) is 5. The van der Waals surface area contributed by atoms with Gasteiger partial charge >= 0.3 is 0 Å². The van der Waals surface area contributed by atoms with Gasteiger partial charge < -0.3 is 9.64 Å². The third-order valence-electron chi connectivity index (χ3n) is 4.51. The number of carbonyl (C=O) groups is 1. The third kappa shape index (κ3) is 3.31. The highest BCUT2D eigenvalue weighted by Crippen LogP contribution is 2.21. The fourth-order valence-corrected chi connectivity index (χ4v) is 2.99. The van der Waals surface area contributed by atoms with Crippen molar-refractivity contribution in [3.63, 3.8) is 0 Å². The second-order valence-electron chi connectivity index (χ2n) is 6.21. The number of morpholine rings is 1. The van der Waals surface area contributed by atoms with Gasteiger partial charge in [-0.3, -0.25) is 9.48 Å². The molecule has 3 rings (SSSR count). The van der Waals surface area contributed by atoms with Crippen LogP contribution in [-0.4, -0.2) is 50.3 Å². The number of aryl methyl sites for hydroxylation is 3. The van der Waals surface area contributed by atoms with Gasteiger partial charge in [-0.15, -0.1) is 0 Å². The summed E-state index contributed by atoms with van der Waals surface area (Å²) in [5.74, 6) is 0.733. The molecule has 128 valence electrons. The molecule has 3 heterocycles. The van der Waals surface area contributed by atoms with Crippen molar-refractivity contribution in [1.29, 1.82) is 0 Å². The van der Waals surface area contributed by atoms with E-state index in [1.54, 1.807) is 6.20 Å². The van der Waals surface area contributed by atoms with E-state index < -0.39 is 0 Å². The molecule has 1 unspecified atom stereocenters. The SMILES string of the molecule is Cc1ccnc(C2CN(C(=O)Cc3c(C)nn(C)c3C)CCO2)n1. The van der Waals surface area contributed by atoms with Crippen LogP contribution in [0.4, 0.5) is 0 Å². The number of ether oxygens (including phenoxy) is 1. The molecule has 1 aliphatic rings. The number of amides is 1. The molecule has 1 amide bonds. The molecule has 1 fully saturated rings. The Morgan fingerprint density at radius 3 is 2.83 bits per heavy atom. The number of carbonyl (C=O) groups excluding carboxylic acids is 1. The standard InChI is InChI=1S/C17H23N5O2/c1-11-5-6-18-17(19-11)15-10-22(7-8-24-15)16(23)9-14-12(2)20-21(4)13(14)3/h5-6,15H,7-10H2,1-4H3. The molecule has 0 saturated carbocycles. The maximum Gasteiger partial charge on any atom is 0.227 e. The van der Waals surface area contributed by atoms with E-state index >= 15 is 0 Å². The van der Waals surface area contributed by atoms with E-state index in [4.69, 9.17) is 4.74 Å². The summed E-state index contributed by atoms with van der Waals surface area (Å²) >= 11 is 0. The predicted molar refractivity (Wildman–Crippen MR) is 88.4 cm³/mol. The van der Waals surface area contributed by atoms with Crippen LogP contribution in [0.3, 0.4) is 0 Å². The minimum Gasteiger partial charge on any atom is -0.367 e. The van der Waals surface area contributed by atoms with Crippen LogP contribution in [0.5, 0.6) is 0 Å². The number of hydrogen-bond donors (Lipinski definition) is 0. The van der Waals surface area contributed by atoms with Crippen LogP contribution in [0, 0.1) is 20.8 Å². The van der Waals surface area contributed by atoms with Gasteiger partial charge in [0.25, 0.3) is 0 Å². The van der Waals surface area contributed by atoms with Gasteiger partial charge in [0, 0.05) is 36.7 Å². The summed E-state index contributed by atoms with van der Waals surface area (Å²) in [7, 11) is 1.90. The van der Waals surface area contributed by atoms with Gasteiger partial charge in [0.2, 0.25) is 5.91 Å². The molecule has 0 bridgehead atoms. The van der Waals surface area contributed by atoms with Crippen molar-refractivity contribution in [2.75, 3.05) is 19.7 Å². The predicted octanol–water partition coefficient (Wildman–Crippen LogP) is 1.28. The molecule has 0 spiro atoms. The highest BCUT2D eigenvalue weighted by atomic mass is 16.5. The Morgan fingerprint density at radius 2 is 2.17 bits per heavy atom. The van der Waals surface area contributed by atoms with Gasteiger partial charge in [-0.25, -0.2) is 9.97 Å². The van der Waals surface area contributed by atoms with E-state index in [1.165, 1.54) is 0 Å². The number of nitrogens with zero attached hydrogens (tertiary/aromatic N) is 5. The van der Waals surface area contributed by atoms with Gasteiger partial charge in [-0.1, -0.05) is 0 Å². The molecule has 0 N–H and O–H groups in total. The van der Waals surface area contributed by atoms with Crippen molar-refractivity contribution in [2.45, 2.75) is 33.3 Å². The monoisotopic (exact) mass is 329 g/mol. The van der Waals surface area contributed by atoms with E-state index in [9.17, 15) is 4.79 Å². The molecular weight excluding hydrogens is 306 g/mol. The lowest BCUT2D eigenvalue weighted by Gasteiger charge is -2.32. The quantitative estimate of drug-likeness (QED) is 0.848. The summed E-state index contributed by atoms with van der Waals surface area (Å²) in [4.78, 5) is 23.3. The summed E-state index contributed by atoms with van der Waals surface area (Å²) in [5.41, 5.74) is 3.86. The first-order chi connectivity index (χ1) is 11.5. The van der Waals surface area contributed by atoms with E-state index in [-0.39, 0.29) is 12.0 Å². The van der Waals surface area contributed by atoms with Gasteiger partial charge in [0.05, 0.1) is 25.3 Å². The summed E-state index contributed by atoms with van der Waals surface area (Å²) in [6, 6.07) is 1.85. The van der Waals surface area contributed by atoms with E-state index in [0.717, 1.165) is 22.6 Å². The van der Waals surface area contributed by atoms with Crippen molar-refractivity contribution < 1.29 is 9.53 Å². The molecule has 24 heavy (non-hydrogen) atoms. The summed E-state index contributed by atoms with van der Waals surface area (Å²) in [6.07, 6.45) is 1.83. The Hall–Kier alpha value is -2.28. The van der Waals surface area contributed by atoms with Crippen molar-refractivity contribution in [1.82, 2.24) is 24.6 Å². The molecule has 7 heteroatoms. The average molecular weight is 329 g/mol. The normalized spacial score (nSPS) is 18.0. The summed E-state index contributed by atoms with van der Waals surface area (Å²) in [5, 5.41) is 4.38. The maximum atomic E-state index is 12.7. The van der Waals surface area contributed by atoms with Crippen LogP contribution in [0.2, 0.25) is 0 Å². The van der Waals surface area contributed by atoms with Gasteiger partial charge in [0.1, 0.15) is 6.10 Å². The molecule has 7 nitrogen and oxygen atoms in total. The maximum absolute atomic E-state index is 12.7. The lowest BCUT2D eigenvalue weighted by Crippen LogP contribution is -2.43. The highest BCUT2D eigenvalue weighted by Gasteiger charge is 2.28. The lowest BCUT2D eigenvalue weighted by atomic mass is 10.1. The largest absolute Gasteiger partial charge is 0.367 e. The van der Waals surface area contributed by atoms with Crippen molar-refractivity contribution in [3.8, 4) is 0 Å². The topological polar surface area (TPSA) is 73.1 Å². The van der Waals surface area contributed by atoms with Crippen LogP contribution < -0.4 is 0 Å². The zero-order chi connectivity index (χ0) is 17.3. The van der Waals surface area contributed by atoms with E-state index in [0.29, 0.717) is 31.9 Å². The van der Waals surface area contributed by atoms with Crippen LogP contribution in [0.1, 0.15) is 34.6 Å². The molecule has 1 saturated heterocycles. The first-order valence-corrected chi connectivity index (χ1v) is 8.13. The molecule has 0 aromatic carbocycles.